The van der Waals surface area contributed by atoms with E-state index in [1.165, 1.54) is 6.42 Å². The lowest BCUT2D eigenvalue weighted by Crippen LogP contribution is -2.30. The van der Waals surface area contributed by atoms with Crippen LogP contribution in [0.25, 0.3) is 0 Å². The molecule has 1 unspecified atom stereocenters. The zero-order valence-corrected chi connectivity index (χ0v) is 9.80. The van der Waals surface area contributed by atoms with E-state index >= 15 is 0 Å². The summed E-state index contributed by atoms with van der Waals surface area (Å²) in [5, 5.41) is 22.8. The molecule has 0 saturated carbocycles. The molecule has 1 atom stereocenters. The van der Waals surface area contributed by atoms with Gasteiger partial charge < -0.3 is 15.5 Å². The Morgan fingerprint density at radius 3 is 2.81 bits per heavy atom. The highest BCUT2D eigenvalue weighted by Gasteiger charge is 2.17. The highest BCUT2D eigenvalue weighted by atomic mass is 35.5. The van der Waals surface area contributed by atoms with Crippen LogP contribution in [0.5, 0.6) is 11.5 Å². The minimum Gasteiger partial charge on any atom is -0.504 e. The van der Waals surface area contributed by atoms with Gasteiger partial charge in [0.1, 0.15) is 0 Å². The lowest BCUT2D eigenvalue weighted by molar-refractivity contribution is 0.362. The van der Waals surface area contributed by atoms with Crippen molar-refractivity contribution in [3.63, 3.8) is 0 Å². The summed E-state index contributed by atoms with van der Waals surface area (Å²) in [5.41, 5.74) is 0.774. The van der Waals surface area contributed by atoms with Crippen LogP contribution in [0.4, 0.5) is 0 Å². The molecule has 1 aliphatic rings. The second kappa shape index (κ2) is 4.93. The minimum atomic E-state index is -0.206. The van der Waals surface area contributed by atoms with Crippen LogP contribution in [-0.2, 0) is 6.42 Å². The van der Waals surface area contributed by atoms with E-state index in [0.717, 1.165) is 31.5 Å². The molecule has 1 heterocycles. The molecule has 3 nitrogen and oxygen atoms in total. The Hall–Kier alpha value is -0.930. The van der Waals surface area contributed by atoms with Crippen molar-refractivity contribution < 1.29 is 10.2 Å². The molecule has 0 aliphatic carbocycles. The van der Waals surface area contributed by atoms with Gasteiger partial charge in [0, 0.05) is 0 Å². The SMILES string of the molecule is Oc1c(Cl)ccc(CC2CCCNC2)c1O. The molecular formula is C12H16ClNO2. The van der Waals surface area contributed by atoms with Crippen molar-refractivity contribution in [2.75, 3.05) is 13.1 Å². The Balaban J connectivity index is 2.11. The van der Waals surface area contributed by atoms with Crippen LogP contribution in [0.1, 0.15) is 18.4 Å². The van der Waals surface area contributed by atoms with Gasteiger partial charge in [0.15, 0.2) is 11.5 Å². The third-order valence-electron chi connectivity index (χ3n) is 3.09. The van der Waals surface area contributed by atoms with E-state index in [9.17, 15) is 10.2 Å². The van der Waals surface area contributed by atoms with Crippen molar-refractivity contribution in [1.82, 2.24) is 5.32 Å². The molecule has 0 spiro atoms. The van der Waals surface area contributed by atoms with Crippen molar-refractivity contribution in [3.05, 3.63) is 22.7 Å². The van der Waals surface area contributed by atoms with Crippen molar-refractivity contribution in [3.8, 4) is 11.5 Å². The average molecular weight is 242 g/mol. The van der Waals surface area contributed by atoms with Gasteiger partial charge >= 0.3 is 0 Å². The molecule has 16 heavy (non-hydrogen) atoms. The Kier molecular flexibility index (Phi) is 3.56. The third kappa shape index (κ3) is 2.42. The summed E-state index contributed by atoms with van der Waals surface area (Å²) in [6.45, 7) is 2.05. The van der Waals surface area contributed by atoms with Gasteiger partial charge in [-0.3, -0.25) is 0 Å². The zero-order chi connectivity index (χ0) is 11.5. The number of rotatable bonds is 2. The molecule has 0 radical (unpaired) electrons. The first-order valence-electron chi connectivity index (χ1n) is 5.58. The van der Waals surface area contributed by atoms with E-state index in [0.29, 0.717) is 5.92 Å². The van der Waals surface area contributed by atoms with Crippen molar-refractivity contribution in [2.24, 2.45) is 5.92 Å². The van der Waals surface area contributed by atoms with Gasteiger partial charge in [-0.25, -0.2) is 0 Å². The fraction of sp³-hybridized carbons (Fsp3) is 0.500. The molecule has 0 amide bonds. The van der Waals surface area contributed by atoms with Crippen LogP contribution in [-0.4, -0.2) is 23.3 Å². The van der Waals surface area contributed by atoms with Crippen molar-refractivity contribution in [2.45, 2.75) is 19.3 Å². The predicted molar refractivity (Wildman–Crippen MR) is 64.1 cm³/mol. The van der Waals surface area contributed by atoms with Gasteiger partial charge in [0.25, 0.3) is 0 Å². The molecule has 1 fully saturated rings. The normalized spacial score (nSPS) is 20.9. The van der Waals surface area contributed by atoms with Crippen molar-refractivity contribution >= 4 is 11.6 Å². The monoisotopic (exact) mass is 241 g/mol. The quantitative estimate of drug-likeness (QED) is 0.697. The lowest BCUT2D eigenvalue weighted by Gasteiger charge is -2.23. The first-order chi connectivity index (χ1) is 7.68. The second-order valence-corrected chi connectivity index (χ2v) is 4.73. The number of piperidine rings is 1. The third-order valence-corrected chi connectivity index (χ3v) is 3.40. The molecule has 4 heteroatoms. The topological polar surface area (TPSA) is 52.5 Å². The fourth-order valence-electron chi connectivity index (χ4n) is 2.17. The van der Waals surface area contributed by atoms with E-state index in [4.69, 9.17) is 11.6 Å². The van der Waals surface area contributed by atoms with Crippen LogP contribution in [0.2, 0.25) is 5.02 Å². The van der Waals surface area contributed by atoms with Crippen LogP contribution < -0.4 is 5.32 Å². The second-order valence-electron chi connectivity index (χ2n) is 4.32. The summed E-state index contributed by atoms with van der Waals surface area (Å²) < 4.78 is 0. The largest absolute Gasteiger partial charge is 0.504 e. The summed E-state index contributed by atoms with van der Waals surface area (Å²) in [7, 11) is 0. The van der Waals surface area contributed by atoms with Crippen molar-refractivity contribution in [1.29, 1.82) is 0 Å². The number of phenolic OH excluding ortho intramolecular Hbond substituents is 2. The number of hydrogen-bond acceptors (Lipinski definition) is 3. The summed E-state index contributed by atoms with van der Waals surface area (Å²) in [6.07, 6.45) is 3.12. The Labute approximate surface area is 100 Å². The molecule has 1 aliphatic heterocycles. The number of aromatic hydroxyl groups is 2. The van der Waals surface area contributed by atoms with Crippen LogP contribution in [0.15, 0.2) is 12.1 Å². The van der Waals surface area contributed by atoms with E-state index < -0.39 is 0 Å². The van der Waals surface area contributed by atoms with Gasteiger partial charge in [-0.1, -0.05) is 17.7 Å². The van der Waals surface area contributed by atoms with E-state index in [2.05, 4.69) is 5.32 Å². The predicted octanol–water partition coefficient (Wildman–Crippen LogP) is 2.29. The summed E-state index contributed by atoms with van der Waals surface area (Å²) in [4.78, 5) is 0. The number of phenols is 2. The first kappa shape index (κ1) is 11.6. The smallest absolute Gasteiger partial charge is 0.176 e. The highest BCUT2D eigenvalue weighted by Crippen LogP contribution is 2.37. The van der Waals surface area contributed by atoms with Gasteiger partial charge in [-0.2, -0.15) is 0 Å². The number of halogens is 1. The number of benzene rings is 1. The Morgan fingerprint density at radius 2 is 2.12 bits per heavy atom. The Morgan fingerprint density at radius 1 is 1.31 bits per heavy atom. The van der Waals surface area contributed by atoms with Crippen LogP contribution in [0.3, 0.4) is 0 Å². The maximum Gasteiger partial charge on any atom is 0.176 e. The van der Waals surface area contributed by atoms with Gasteiger partial charge in [-0.05, 0) is 49.9 Å². The van der Waals surface area contributed by atoms with E-state index in [1.54, 1.807) is 12.1 Å². The molecule has 1 aromatic rings. The standard InChI is InChI=1S/C12H16ClNO2/c13-10-4-3-9(11(15)12(10)16)6-8-2-1-5-14-7-8/h3-4,8,14-16H,1-2,5-7H2. The Bertz CT molecular complexity index is 376. The summed E-state index contributed by atoms with van der Waals surface area (Å²) >= 11 is 5.71. The average Bonchev–Trinajstić information content (AvgIpc) is 2.31. The molecular weight excluding hydrogens is 226 g/mol. The van der Waals surface area contributed by atoms with Gasteiger partial charge in [0.05, 0.1) is 5.02 Å². The number of nitrogens with one attached hydrogen (secondary N) is 1. The highest BCUT2D eigenvalue weighted by molar-refractivity contribution is 6.32. The molecule has 2 rings (SSSR count). The first-order valence-corrected chi connectivity index (χ1v) is 5.96. The molecule has 0 aromatic heterocycles. The van der Waals surface area contributed by atoms with Gasteiger partial charge in [0.2, 0.25) is 0 Å². The van der Waals surface area contributed by atoms with Crippen LogP contribution in [0, 0.1) is 5.92 Å². The molecule has 1 saturated heterocycles. The molecule has 0 bridgehead atoms. The van der Waals surface area contributed by atoms with E-state index in [-0.39, 0.29) is 16.5 Å². The summed E-state index contributed by atoms with van der Waals surface area (Å²) in [5.74, 6) is 0.251. The maximum absolute atomic E-state index is 9.75. The molecule has 88 valence electrons. The minimum absolute atomic E-state index is 0.0712. The zero-order valence-electron chi connectivity index (χ0n) is 9.04. The molecule has 3 N–H and O–H groups in total. The fourth-order valence-corrected chi connectivity index (χ4v) is 2.32. The molecule has 1 aromatic carbocycles. The summed E-state index contributed by atoms with van der Waals surface area (Å²) in [6, 6.07) is 3.41. The number of hydrogen-bond donors (Lipinski definition) is 3. The maximum atomic E-state index is 9.75. The van der Waals surface area contributed by atoms with Crippen LogP contribution >= 0.6 is 11.6 Å². The lowest BCUT2D eigenvalue weighted by atomic mass is 9.92. The van der Waals surface area contributed by atoms with Gasteiger partial charge in [-0.15, -0.1) is 0 Å². The van der Waals surface area contributed by atoms with E-state index in [1.807, 2.05) is 0 Å².